The fourth-order valence-electron chi connectivity index (χ4n) is 2.78. The van der Waals surface area contributed by atoms with Crippen LogP contribution in [0.5, 0.6) is 11.5 Å². The zero-order chi connectivity index (χ0) is 18.6. The Balaban J connectivity index is 1.62. The van der Waals surface area contributed by atoms with Gasteiger partial charge in [-0.05, 0) is 0 Å². The first kappa shape index (κ1) is 18.3. The van der Waals surface area contributed by atoms with E-state index >= 15 is 0 Å². The molecule has 27 heavy (non-hydrogen) atoms. The van der Waals surface area contributed by atoms with E-state index in [2.05, 4.69) is 47.2 Å². The number of rotatable bonds is 6. The molecule has 5 heteroatoms. The van der Waals surface area contributed by atoms with E-state index in [1.807, 2.05) is 24.3 Å². The topological polar surface area (TPSA) is 18.5 Å². The van der Waals surface area contributed by atoms with Crippen molar-refractivity contribution in [2.75, 3.05) is 14.2 Å². The molecule has 0 radical (unpaired) electrons. The third kappa shape index (κ3) is 3.97. The van der Waals surface area contributed by atoms with E-state index in [9.17, 15) is 0 Å². The average Bonchev–Trinajstić information content (AvgIpc) is 3.38. The summed E-state index contributed by atoms with van der Waals surface area (Å²) < 4.78 is 13.4. The van der Waals surface area contributed by atoms with E-state index in [1.54, 1.807) is 36.9 Å². The van der Waals surface area contributed by atoms with Crippen LogP contribution in [0.3, 0.4) is 0 Å². The van der Waals surface area contributed by atoms with Crippen molar-refractivity contribution >= 4 is 46.6 Å². The van der Waals surface area contributed by atoms with E-state index in [0.29, 0.717) is 0 Å². The van der Waals surface area contributed by atoms with Crippen molar-refractivity contribution in [1.82, 2.24) is 0 Å². The minimum absolute atomic E-state index is 0.254. The summed E-state index contributed by atoms with van der Waals surface area (Å²) in [4.78, 5) is 2.70. The van der Waals surface area contributed by atoms with Gasteiger partial charge in [-0.2, -0.15) is 0 Å². The van der Waals surface area contributed by atoms with Crippen LogP contribution in [0.1, 0.15) is 0 Å². The van der Waals surface area contributed by atoms with Gasteiger partial charge in [0.05, 0.1) is 0 Å². The van der Waals surface area contributed by atoms with Crippen LogP contribution in [-0.4, -0.2) is 29.2 Å². The molecule has 2 aromatic heterocycles. The minimum atomic E-state index is 0.254. The second-order valence-electron chi connectivity index (χ2n) is 5.79. The van der Waals surface area contributed by atoms with Crippen LogP contribution in [-0.2, 0) is 0 Å². The summed E-state index contributed by atoms with van der Waals surface area (Å²) in [5, 5.41) is 4.38. The van der Waals surface area contributed by atoms with Gasteiger partial charge >= 0.3 is 174 Å². The average molecular weight is 457 g/mol. The van der Waals surface area contributed by atoms with Gasteiger partial charge in [0, 0.05) is 0 Å². The van der Waals surface area contributed by atoms with Crippen LogP contribution < -0.4 is 18.4 Å². The summed E-state index contributed by atoms with van der Waals surface area (Å²) >= 11 is 3.87. The number of methoxy groups -OCH3 is 2. The van der Waals surface area contributed by atoms with Crippen molar-refractivity contribution in [3.05, 3.63) is 71.4 Å². The predicted molar refractivity (Wildman–Crippen MR) is 118 cm³/mol. The molecule has 0 N–H and O–H groups in total. The molecule has 0 aliphatic heterocycles. The van der Waals surface area contributed by atoms with Crippen LogP contribution in [0.25, 0.3) is 20.9 Å². The molecule has 0 saturated carbocycles. The second kappa shape index (κ2) is 8.32. The molecular formula is C22H18O2S2Se. The number of benzene rings is 2. The molecule has 0 bridgehead atoms. The van der Waals surface area contributed by atoms with Gasteiger partial charge in [0.15, 0.2) is 0 Å². The summed E-state index contributed by atoms with van der Waals surface area (Å²) in [6.07, 6.45) is 0. The Hall–Kier alpha value is -2.04. The Morgan fingerprint density at radius 1 is 0.593 bits per heavy atom. The molecule has 4 aromatic rings. The van der Waals surface area contributed by atoms with Crippen LogP contribution in [0.4, 0.5) is 0 Å². The van der Waals surface area contributed by atoms with Crippen molar-refractivity contribution in [3.63, 3.8) is 0 Å². The molecule has 0 aliphatic rings. The molecule has 0 fully saturated rings. The van der Waals surface area contributed by atoms with Gasteiger partial charge in [-0.25, -0.2) is 0 Å². The van der Waals surface area contributed by atoms with Crippen LogP contribution in [0.2, 0.25) is 0 Å². The van der Waals surface area contributed by atoms with E-state index in [-0.39, 0.29) is 15.0 Å². The molecule has 0 atom stereocenters. The Labute approximate surface area is 173 Å². The standard InChI is InChI=1S/C22H18O2S2Se/c1-23-17-7-3-15(4-8-17)21-19(11-13-25-21)27-20-12-14-26-22(20)16-5-9-18(24-2)10-6-16/h3-14H,1-2H3. The fraction of sp³-hybridized carbons (Fsp3) is 0.0909. The normalized spacial score (nSPS) is 10.7. The molecule has 0 amide bonds. The van der Waals surface area contributed by atoms with E-state index in [4.69, 9.17) is 9.47 Å². The Bertz CT molecular complexity index is 933. The summed E-state index contributed by atoms with van der Waals surface area (Å²) in [6, 6.07) is 21.2. The van der Waals surface area contributed by atoms with Crippen LogP contribution >= 0.6 is 22.7 Å². The van der Waals surface area contributed by atoms with Crippen LogP contribution in [0.15, 0.2) is 71.4 Å². The maximum atomic E-state index is 5.28. The maximum absolute atomic E-state index is 5.28. The monoisotopic (exact) mass is 458 g/mol. The van der Waals surface area contributed by atoms with Gasteiger partial charge < -0.3 is 0 Å². The molecule has 136 valence electrons. The van der Waals surface area contributed by atoms with Crippen molar-refractivity contribution in [3.8, 4) is 32.4 Å². The Morgan fingerprint density at radius 2 is 1.00 bits per heavy atom. The van der Waals surface area contributed by atoms with Crippen LogP contribution in [0, 0.1) is 0 Å². The van der Waals surface area contributed by atoms with Crippen molar-refractivity contribution in [2.45, 2.75) is 0 Å². The van der Waals surface area contributed by atoms with Gasteiger partial charge in [0.25, 0.3) is 0 Å². The molecule has 0 spiro atoms. The summed E-state index contributed by atoms with van der Waals surface area (Å²) in [7, 11) is 3.40. The zero-order valence-electron chi connectivity index (χ0n) is 15.0. The molecule has 2 aromatic carbocycles. The van der Waals surface area contributed by atoms with Gasteiger partial charge in [0.2, 0.25) is 0 Å². The molecule has 0 unspecified atom stereocenters. The first-order chi connectivity index (χ1) is 13.3. The van der Waals surface area contributed by atoms with E-state index < -0.39 is 0 Å². The number of hydrogen-bond donors (Lipinski definition) is 0. The van der Waals surface area contributed by atoms with Gasteiger partial charge in [-0.15, -0.1) is 0 Å². The molecule has 0 saturated heterocycles. The molecule has 4 rings (SSSR count). The van der Waals surface area contributed by atoms with E-state index in [1.165, 1.54) is 29.8 Å². The fourth-order valence-corrected chi connectivity index (χ4v) is 7.75. The predicted octanol–water partition coefficient (Wildman–Crippen LogP) is 4.82. The SMILES string of the molecule is COc1ccc(-c2sccc2[Se]c2ccsc2-c2ccc(OC)cc2)cc1. The molecule has 2 nitrogen and oxygen atoms in total. The zero-order valence-corrected chi connectivity index (χ0v) is 18.3. The number of hydrogen-bond acceptors (Lipinski definition) is 4. The molecule has 0 aliphatic carbocycles. The summed E-state index contributed by atoms with van der Waals surface area (Å²) in [5.74, 6) is 1.78. The van der Waals surface area contributed by atoms with E-state index in [0.717, 1.165) is 11.5 Å². The van der Waals surface area contributed by atoms with Crippen molar-refractivity contribution in [2.24, 2.45) is 0 Å². The third-order valence-corrected chi connectivity index (χ3v) is 9.04. The molecular weight excluding hydrogens is 439 g/mol. The second-order valence-corrected chi connectivity index (χ2v) is 9.89. The Kier molecular flexibility index (Phi) is 5.65. The molecule has 2 heterocycles. The Morgan fingerprint density at radius 3 is 1.37 bits per heavy atom. The summed E-state index contributed by atoms with van der Waals surface area (Å²) in [5.41, 5.74) is 2.51. The number of ether oxygens (including phenoxy) is 2. The van der Waals surface area contributed by atoms with Gasteiger partial charge in [-0.1, -0.05) is 0 Å². The van der Waals surface area contributed by atoms with Gasteiger partial charge in [-0.3, -0.25) is 0 Å². The first-order valence-corrected chi connectivity index (χ1v) is 11.9. The first-order valence-electron chi connectivity index (χ1n) is 8.40. The quantitative estimate of drug-likeness (QED) is 0.387. The number of thiophene rings is 2. The third-order valence-electron chi connectivity index (χ3n) is 4.18. The van der Waals surface area contributed by atoms with Crippen molar-refractivity contribution in [1.29, 1.82) is 0 Å². The van der Waals surface area contributed by atoms with Crippen molar-refractivity contribution < 1.29 is 9.47 Å². The summed E-state index contributed by atoms with van der Waals surface area (Å²) in [6.45, 7) is 0. The van der Waals surface area contributed by atoms with Gasteiger partial charge in [0.1, 0.15) is 0 Å².